The number of amides is 1. The second-order valence-electron chi connectivity index (χ2n) is 4.75. The molecule has 0 aliphatic carbocycles. The zero-order valence-corrected chi connectivity index (χ0v) is 15.1. The van der Waals surface area contributed by atoms with E-state index in [9.17, 15) is 18.0 Å². The van der Waals surface area contributed by atoms with Crippen molar-refractivity contribution >= 4 is 35.0 Å². The van der Waals surface area contributed by atoms with Gasteiger partial charge in [0.25, 0.3) is 0 Å². The van der Waals surface area contributed by atoms with Gasteiger partial charge in [0.05, 0.1) is 30.7 Å². The van der Waals surface area contributed by atoms with Gasteiger partial charge in [-0.05, 0) is 6.07 Å². The van der Waals surface area contributed by atoms with Crippen molar-refractivity contribution in [3.8, 4) is 11.5 Å². The number of hydrogen-bond donors (Lipinski definition) is 1. The van der Waals surface area contributed by atoms with Crippen LogP contribution in [0.25, 0.3) is 0 Å². The van der Waals surface area contributed by atoms with E-state index in [-0.39, 0.29) is 10.9 Å². The van der Waals surface area contributed by atoms with Gasteiger partial charge in [-0.1, -0.05) is 23.4 Å². The first-order valence-corrected chi connectivity index (χ1v) is 8.35. The van der Waals surface area contributed by atoms with Gasteiger partial charge in [-0.25, -0.2) is 9.97 Å². The summed E-state index contributed by atoms with van der Waals surface area (Å²) in [5.74, 6) is -0.0464. The van der Waals surface area contributed by atoms with E-state index in [0.29, 0.717) is 22.2 Å². The average Bonchev–Trinajstić information content (AvgIpc) is 2.60. The van der Waals surface area contributed by atoms with E-state index in [1.165, 1.54) is 26.4 Å². The average molecular weight is 408 g/mol. The van der Waals surface area contributed by atoms with Gasteiger partial charge in [0.15, 0.2) is 5.16 Å². The number of methoxy groups -OCH3 is 2. The van der Waals surface area contributed by atoms with Gasteiger partial charge < -0.3 is 14.8 Å². The molecule has 0 unspecified atom stereocenters. The highest BCUT2D eigenvalue weighted by molar-refractivity contribution is 7.99. The van der Waals surface area contributed by atoms with E-state index in [2.05, 4.69) is 15.3 Å². The molecule has 11 heteroatoms. The molecule has 0 atom stereocenters. The number of hydrogen-bond acceptors (Lipinski definition) is 6. The molecule has 2 rings (SSSR count). The van der Waals surface area contributed by atoms with Crippen LogP contribution in [0.2, 0.25) is 5.02 Å². The first kappa shape index (κ1) is 20.1. The number of thioether (sulfide) groups is 1. The van der Waals surface area contributed by atoms with Crippen molar-refractivity contribution in [3.63, 3.8) is 0 Å². The van der Waals surface area contributed by atoms with Gasteiger partial charge in [0.1, 0.15) is 17.2 Å². The normalized spacial score (nSPS) is 11.2. The van der Waals surface area contributed by atoms with Crippen molar-refractivity contribution in [1.29, 1.82) is 0 Å². The predicted octanol–water partition coefficient (Wildman–Crippen LogP) is 3.90. The Morgan fingerprint density at radius 1 is 1.27 bits per heavy atom. The Morgan fingerprint density at radius 3 is 2.58 bits per heavy atom. The van der Waals surface area contributed by atoms with Crippen molar-refractivity contribution in [2.75, 3.05) is 25.3 Å². The third-order valence-electron chi connectivity index (χ3n) is 3.00. The molecular weight excluding hydrogens is 395 g/mol. The molecule has 1 N–H and O–H groups in total. The Bertz CT molecular complexity index is 805. The monoisotopic (exact) mass is 407 g/mol. The number of ether oxygens (including phenoxy) is 2. The highest BCUT2D eigenvalue weighted by atomic mass is 35.5. The van der Waals surface area contributed by atoms with Crippen LogP contribution in [0.1, 0.15) is 5.69 Å². The topological polar surface area (TPSA) is 73.3 Å². The maximum absolute atomic E-state index is 12.6. The summed E-state index contributed by atoms with van der Waals surface area (Å²) in [7, 11) is 2.82. The summed E-state index contributed by atoms with van der Waals surface area (Å²) < 4.78 is 48.1. The molecule has 0 bridgehead atoms. The van der Waals surface area contributed by atoms with Gasteiger partial charge in [0, 0.05) is 18.3 Å². The molecule has 140 valence electrons. The van der Waals surface area contributed by atoms with E-state index in [1.807, 2.05) is 0 Å². The summed E-state index contributed by atoms with van der Waals surface area (Å²) >= 11 is 6.75. The molecule has 6 nitrogen and oxygen atoms in total. The molecule has 0 spiro atoms. The number of carbonyl (C=O) groups is 1. The van der Waals surface area contributed by atoms with Crippen molar-refractivity contribution in [2.45, 2.75) is 11.3 Å². The lowest BCUT2D eigenvalue weighted by molar-refractivity contribution is -0.141. The molecule has 0 aliphatic heterocycles. The van der Waals surface area contributed by atoms with Crippen molar-refractivity contribution in [1.82, 2.24) is 9.97 Å². The van der Waals surface area contributed by atoms with Gasteiger partial charge >= 0.3 is 6.18 Å². The SMILES string of the molecule is COc1cc(NC(=O)CSc2nccc(C(F)(F)F)n2)c(OC)cc1Cl. The maximum atomic E-state index is 12.6. The van der Waals surface area contributed by atoms with Crippen LogP contribution in [-0.2, 0) is 11.0 Å². The smallest absolute Gasteiger partial charge is 0.433 e. The minimum atomic E-state index is -4.58. The summed E-state index contributed by atoms with van der Waals surface area (Å²) in [6.45, 7) is 0. The highest BCUT2D eigenvalue weighted by Gasteiger charge is 2.32. The number of alkyl halides is 3. The van der Waals surface area contributed by atoms with Crippen LogP contribution in [0.5, 0.6) is 11.5 Å². The summed E-state index contributed by atoms with van der Waals surface area (Å²) in [4.78, 5) is 19.2. The number of aromatic nitrogens is 2. The van der Waals surface area contributed by atoms with Crippen LogP contribution in [0.3, 0.4) is 0 Å². The number of carbonyl (C=O) groups excluding carboxylic acids is 1. The van der Waals surface area contributed by atoms with Crippen molar-refractivity contribution < 1.29 is 27.4 Å². The van der Waals surface area contributed by atoms with Gasteiger partial charge in [-0.3, -0.25) is 4.79 Å². The van der Waals surface area contributed by atoms with E-state index in [4.69, 9.17) is 21.1 Å². The van der Waals surface area contributed by atoms with Crippen LogP contribution in [-0.4, -0.2) is 35.8 Å². The lowest BCUT2D eigenvalue weighted by atomic mass is 10.2. The highest BCUT2D eigenvalue weighted by Crippen LogP contribution is 2.36. The molecule has 1 amide bonds. The van der Waals surface area contributed by atoms with Crippen LogP contribution in [0, 0.1) is 0 Å². The summed E-state index contributed by atoms with van der Waals surface area (Å²) in [6.07, 6.45) is -3.59. The van der Waals surface area contributed by atoms with E-state index < -0.39 is 17.8 Å². The minimum Gasteiger partial charge on any atom is -0.495 e. The summed E-state index contributed by atoms with van der Waals surface area (Å²) in [5.41, 5.74) is -0.760. The summed E-state index contributed by atoms with van der Waals surface area (Å²) in [6, 6.07) is 3.71. The number of nitrogens with one attached hydrogen (secondary N) is 1. The predicted molar refractivity (Wildman–Crippen MR) is 90.9 cm³/mol. The van der Waals surface area contributed by atoms with Gasteiger partial charge in [-0.2, -0.15) is 13.2 Å². The number of rotatable bonds is 6. The number of anilines is 1. The van der Waals surface area contributed by atoms with Crippen molar-refractivity contribution in [2.24, 2.45) is 0 Å². The lowest BCUT2D eigenvalue weighted by Gasteiger charge is -2.13. The Kier molecular flexibility index (Phi) is 6.54. The fourth-order valence-electron chi connectivity index (χ4n) is 1.84. The molecule has 0 fully saturated rings. The Balaban J connectivity index is 2.06. The zero-order chi connectivity index (χ0) is 19.3. The molecule has 1 heterocycles. The molecule has 0 aliphatic rings. The number of benzene rings is 1. The van der Waals surface area contributed by atoms with Gasteiger partial charge in [-0.15, -0.1) is 0 Å². The molecule has 26 heavy (non-hydrogen) atoms. The van der Waals surface area contributed by atoms with Crippen LogP contribution >= 0.6 is 23.4 Å². The third kappa shape index (κ3) is 5.15. The van der Waals surface area contributed by atoms with Crippen LogP contribution in [0.4, 0.5) is 18.9 Å². The Labute approximate surface area is 156 Å². The second kappa shape index (κ2) is 8.45. The fraction of sp³-hybridized carbons (Fsp3) is 0.267. The first-order chi connectivity index (χ1) is 12.2. The fourth-order valence-corrected chi connectivity index (χ4v) is 2.70. The molecule has 1 aromatic carbocycles. The standard InChI is InChI=1S/C15H13ClF3N3O3S/c1-24-10-6-9(11(25-2)5-8(10)16)21-13(23)7-26-14-20-4-3-12(22-14)15(17,18)19/h3-6H,7H2,1-2H3,(H,21,23). The van der Waals surface area contributed by atoms with Gasteiger partial charge in [0.2, 0.25) is 5.91 Å². The second-order valence-corrected chi connectivity index (χ2v) is 6.10. The third-order valence-corrected chi connectivity index (χ3v) is 4.16. The Morgan fingerprint density at radius 2 is 1.96 bits per heavy atom. The minimum absolute atomic E-state index is 0.157. The van der Waals surface area contributed by atoms with Crippen LogP contribution < -0.4 is 14.8 Å². The molecule has 0 radical (unpaired) electrons. The quantitative estimate of drug-likeness (QED) is 0.578. The number of halogens is 4. The first-order valence-electron chi connectivity index (χ1n) is 6.99. The van der Waals surface area contributed by atoms with Crippen LogP contribution in [0.15, 0.2) is 29.6 Å². The molecule has 2 aromatic rings. The lowest BCUT2D eigenvalue weighted by Crippen LogP contribution is -2.15. The largest absolute Gasteiger partial charge is 0.495 e. The van der Waals surface area contributed by atoms with Crippen molar-refractivity contribution in [3.05, 3.63) is 35.1 Å². The number of nitrogens with zero attached hydrogens (tertiary/aromatic N) is 2. The molecule has 0 saturated heterocycles. The van der Waals surface area contributed by atoms with E-state index in [0.717, 1.165) is 24.0 Å². The molecular formula is C15H13ClF3N3O3S. The maximum Gasteiger partial charge on any atom is 0.433 e. The summed E-state index contributed by atoms with van der Waals surface area (Å²) in [5, 5.41) is 2.72. The van der Waals surface area contributed by atoms with E-state index in [1.54, 1.807) is 0 Å². The zero-order valence-electron chi connectivity index (χ0n) is 13.6. The molecule has 0 saturated carbocycles. The Hall–Kier alpha value is -2.20. The molecule has 1 aromatic heterocycles. The van der Waals surface area contributed by atoms with E-state index >= 15 is 0 Å².